The third-order valence-electron chi connectivity index (χ3n) is 7.52. The minimum Gasteiger partial charge on any atom is -0.388 e. The lowest BCUT2D eigenvalue weighted by atomic mass is 9.78. The molecule has 0 radical (unpaired) electrons. The van der Waals surface area contributed by atoms with Crippen LogP contribution in [-0.4, -0.2) is 67.5 Å². The Morgan fingerprint density at radius 2 is 1.95 bits per heavy atom. The molecule has 2 aliphatic rings. The summed E-state index contributed by atoms with van der Waals surface area (Å²) in [5.41, 5.74) is -2.44. The lowest BCUT2D eigenvalue weighted by Gasteiger charge is -2.39. The van der Waals surface area contributed by atoms with Gasteiger partial charge in [-0.1, -0.05) is 0 Å². The summed E-state index contributed by atoms with van der Waals surface area (Å²) in [6.07, 6.45) is 0.449. The normalized spacial score (nSPS) is 21.0. The quantitative estimate of drug-likeness (QED) is 0.374. The van der Waals surface area contributed by atoms with Crippen molar-refractivity contribution >= 4 is 29.0 Å². The number of halogens is 4. The molecule has 3 N–H and O–H groups in total. The molecule has 3 heterocycles. The molecule has 0 spiro atoms. The molecule has 4 rings (SSSR count). The minimum atomic E-state index is -3.10. The number of hydrogen-bond donors (Lipinski definition) is 3. The van der Waals surface area contributed by atoms with E-state index in [9.17, 15) is 32.3 Å². The molecule has 0 aromatic carbocycles. The highest BCUT2D eigenvalue weighted by Crippen LogP contribution is 2.41. The monoisotopic (exact) mass is 571 g/mol. The molecule has 2 fully saturated rings. The van der Waals surface area contributed by atoms with Gasteiger partial charge >= 0.3 is 0 Å². The van der Waals surface area contributed by atoms with Gasteiger partial charge in [-0.05, 0) is 59.9 Å². The zero-order valence-corrected chi connectivity index (χ0v) is 23.3. The molecular weight excluding hydrogens is 538 g/mol. The molecule has 1 saturated heterocycles. The van der Waals surface area contributed by atoms with Crippen LogP contribution in [0, 0.1) is 0 Å². The Hall–Kier alpha value is -2.80. The Balaban J connectivity index is 1.77. The van der Waals surface area contributed by atoms with Crippen molar-refractivity contribution in [1.29, 1.82) is 0 Å². The third kappa shape index (κ3) is 6.19. The highest BCUT2D eigenvalue weighted by molar-refractivity contribution is 7.17. The summed E-state index contributed by atoms with van der Waals surface area (Å²) in [5, 5.41) is 15.7. The number of nitrogens with zero attached hydrogens (tertiary/aromatic N) is 3. The van der Waals surface area contributed by atoms with Crippen LogP contribution in [0.2, 0.25) is 0 Å². The zero-order chi connectivity index (χ0) is 28.9. The molecule has 1 saturated carbocycles. The largest absolute Gasteiger partial charge is 0.388 e. The predicted octanol–water partition coefficient (Wildman–Crippen LogP) is 5.26. The molecule has 214 valence electrons. The average Bonchev–Trinajstić information content (AvgIpc) is 3.37. The molecule has 2 aromatic heterocycles. The first kappa shape index (κ1) is 29.2. The summed E-state index contributed by atoms with van der Waals surface area (Å²) in [6, 6.07) is -0.331. The molecule has 1 aliphatic heterocycles. The highest BCUT2D eigenvalue weighted by Gasteiger charge is 2.46. The number of aliphatic hydroxyl groups is 1. The molecule has 1 aliphatic carbocycles. The fourth-order valence-corrected chi connectivity index (χ4v) is 5.64. The predicted molar refractivity (Wildman–Crippen MR) is 139 cm³/mol. The van der Waals surface area contributed by atoms with E-state index in [1.807, 2.05) is 6.92 Å². The topological polar surface area (TPSA) is 107 Å². The van der Waals surface area contributed by atoms with Gasteiger partial charge in [-0.15, -0.1) is 11.3 Å². The average molecular weight is 572 g/mol. The van der Waals surface area contributed by atoms with E-state index in [4.69, 9.17) is 0 Å². The lowest BCUT2D eigenvalue weighted by molar-refractivity contribution is 0.0118. The second kappa shape index (κ2) is 10.3. The fourth-order valence-electron chi connectivity index (χ4n) is 4.65. The number of rotatable bonds is 8. The standard InChI is InChI=1S/C26H33F4N5O3S/c1-13-10-26(29,30)12-35(13)23(37)18-19(39-22(33-18)21(36)32-14(2)24(3,4)38)16-11-31-17(9-15(16)20(27)28)34-25(5)7-6-8-25/h9,11,13-14,20,38H,6-8,10,12H2,1-5H3,(H,31,34)(H,32,36). The van der Waals surface area contributed by atoms with E-state index in [1.165, 1.54) is 33.0 Å². The van der Waals surface area contributed by atoms with Crippen LogP contribution >= 0.6 is 11.3 Å². The number of amides is 2. The fraction of sp³-hybridized carbons (Fsp3) is 0.615. The summed E-state index contributed by atoms with van der Waals surface area (Å²) in [7, 11) is 0. The number of hydrogen-bond acceptors (Lipinski definition) is 7. The van der Waals surface area contributed by atoms with Crippen LogP contribution in [0.1, 0.15) is 92.6 Å². The Kier molecular flexibility index (Phi) is 7.71. The van der Waals surface area contributed by atoms with Crippen LogP contribution in [0.25, 0.3) is 10.4 Å². The zero-order valence-electron chi connectivity index (χ0n) is 22.4. The van der Waals surface area contributed by atoms with Gasteiger partial charge in [0.2, 0.25) is 0 Å². The van der Waals surface area contributed by atoms with Crippen molar-refractivity contribution in [2.75, 3.05) is 11.9 Å². The van der Waals surface area contributed by atoms with Crippen molar-refractivity contribution < 1.29 is 32.3 Å². The number of nitrogens with one attached hydrogen (secondary N) is 2. The van der Waals surface area contributed by atoms with E-state index in [1.54, 1.807) is 6.92 Å². The first-order valence-corrected chi connectivity index (χ1v) is 13.6. The van der Waals surface area contributed by atoms with Gasteiger partial charge in [0.15, 0.2) is 5.01 Å². The van der Waals surface area contributed by atoms with E-state index in [0.717, 1.165) is 24.2 Å². The summed E-state index contributed by atoms with van der Waals surface area (Å²) in [6.45, 7) is 7.16. The number of alkyl halides is 4. The molecular formula is C26H33F4N5O3S. The number of carbonyl (C=O) groups is 2. The van der Waals surface area contributed by atoms with Gasteiger partial charge in [0.1, 0.15) is 11.5 Å². The molecule has 8 nitrogen and oxygen atoms in total. The van der Waals surface area contributed by atoms with Gasteiger partial charge in [-0.2, -0.15) is 0 Å². The van der Waals surface area contributed by atoms with Crippen molar-refractivity contribution in [3.05, 3.63) is 28.5 Å². The Bertz CT molecular complexity index is 1260. The summed E-state index contributed by atoms with van der Waals surface area (Å²) < 4.78 is 56.8. The molecule has 2 unspecified atom stereocenters. The number of anilines is 1. The highest BCUT2D eigenvalue weighted by atomic mass is 32.1. The molecule has 39 heavy (non-hydrogen) atoms. The van der Waals surface area contributed by atoms with E-state index < -0.39 is 60.4 Å². The van der Waals surface area contributed by atoms with E-state index in [2.05, 4.69) is 20.6 Å². The number of likely N-dealkylation sites (tertiary alicyclic amines) is 1. The molecule has 0 bridgehead atoms. The molecule has 13 heteroatoms. The van der Waals surface area contributed by atoms with Crippen LogP contribution in [0.5, 0.6) is 0 Å². The Labute approximate surface area is 228 Å². The van der Waals surface area contributed by atoms with Gasteiger partial charge in [0, 0.05) is 35.3 Å². The lowest BCUT2D eigenvalue weighted by Crippen LogP contribution is -2.47. The molecule has 2 amide bonds. The van der Waals surface area contributed by atoms with Crippen LogP contribution in [-0.2, 0) is 0 Å². The minimum absolute atomic E-state index is 0.0623. The van der Waals surface area contributed by atoms with Gasteiger partial charge < -0.3 is 20.6 Å². The van der Waals surface area contributed by atoms with Crippen molar-refractivity contribution in [1.82, 2.24) is 20.2 Å². The number of thiazole rings is 1. The first-order valence-electron chi connectivity index (χ1n) is 12.8. The van der Waals surface area contributed by atoms with Crippen molar-refractivity contribution in [3.8, 4) is 10.4 Å². The maximum absolute atomic E-state index is 14.3. The summed E-state index contributed by atoms with van der Waals surface area (Å²) >= 11 is 0.694. The maximum Gasteiger partial charge on any atom is 0.280 e. The van der Waals surface area contributed by atoms with Crippen molar-refractivity contribution in [2.45, 2.75) is 95.9 Å². The van der Waals surface area contributed by atoms with E-state index in [-0.39, 0.29) is 32.5 Å². The Morgan fingerprint density at radius 1 is 1.28 bits per heavy atom. The first-order chi connectivity index (χ1) is 18.0. The maximum atomic E-state index is 14.3. The van der Waals surface area contributed by atoms with Gasteiger partial charge in [-0.3, -0.25) is 9.59 Å². The third-order valence-corrected chi connectivity index (χ3v) is 8.61. The van der Waals surface area contributed by atoms with Crippen LogP contribution in [0.4, 0.5) is 23.4 Å². The number of carbonyl (C=O) groups excluding carboxylic acids is 2. The molecule has 2 aromatic rings. The van der Waals surface area contributed by atoms with E-state index in [0.29, 0.717) is 11.3 Å². The van der Waals surface area contributed by atoms with Crippen molar-refractivity contribution in [2.24, 2.45) is 0 Å². The number of aromatic nitrogens is 2. The summed E-state index contributed by atoms with van der Waals surface area (Å²) in [5.74, 6) is -4.48. The summed E-state index contributed by atoms with van der Waals surface area (Å²) in [4.78, 5) is 35.8. The smallest absolute Gasteiger partial charge is 0.280 e. The van der Waals surface area contributed by atoms with Crippen LogP contribution < -0.4 is 10.6 Å². The Morgan fingerprint density at radius 3 is 2.46 bits per heavy atom. The second-order valence-electron chi connectivity index (χ2n) is 11.4. The van der Waals surface area contributed by atoms with E-state index >= 15 is 0 Å². The van der Waals surface area contributed by atoms with Gasteiger partial charge in [-0.25, -0.2) is 27.5 Å². The second-order valence-corrected chi connectivity index (χ2v) is 12.4. The van der Waals surface area contributed by atoms with Gasteiger partial charge in [0.05, 0.1) is 23.1 Å². The number of pyridine rings is 1. The van der Waals surface area contributed by atoms with Crippen LogP contribution in [0.15, 0.2) is 12.3 Å². The molecule has 2 atom stereocenters. The SMILES string of the molecule is CC1CC(F)(F)CN1C(=O)c1nc(C(=O)NC(C)C(C)(C)O)sc1-c1cnc(NC2(C)CCC2)cc1C(F)F. The van der Waals surface area contributed by atoms with Crippen molar-refractivity contribution in [3.63, 3.8) is 0 Å². The van der Waals surface area contributed by atoms with Crippen LogP contribution in [0.3, 0.4) is 0 Å². The van der Waals surface area contributed by atoms with Gasteiger partial charge in [0.25, 0.3) is 24.2 Å².